The molecule has 108 valence electrons. The molecule has 0 radical (unpaired) electrons. The van der Waals surface area contributed by atoms with Crippen LogP contribution in [0.4, 0.5) is 4.79 Å². The zero-order valence-corrected chi connectivity index (χ0v) is 12.4. The van der Waals surface area contributed by atoms with Crippen molar-refractivity contribution in [2.24, 2.45) is 5.92 Å². The summed E-state index contributed by atoms with van der Waals surface area (Å²) in [7, 11) is 0. The molecule has 19 heavy (non-hydrogen) atoms. The molecule has 0 bridgehead atoms. The number of hydrogen-bond donors (Lipinski definition) is 0. The van der Waals surface area contributed by atoms with Crippen LogP contribution in [-0.4, -0.2) is 72.0 Å². The Morgan fingerprint density at radius 3 is 2.53 bits per heavy atom. The summed E-state index contributed by atoms with van der Waals surface area (Å²) in [5, 5.41) is 0. The number of likely N-dealkylation sites (tertiary alicyclic amines) is 1. The summed E-state index contributed by atoms with van der Waals surface area (Å²) in [6, 6.07) is 0. The maximum atomic E-state index is 12.0. The Bertz CT molecular complexity index is 276. The van der Waals surface area contributed by atoms with E-state index < -0.39 is 5.60 Å². The number of hydrogen-bond acceptors (Lipinski definition) is 3. The molecule has 0 aromatic heterocycles. The second kappa shape index (κ2) is 8.50. The van der Waals surface area contributed by atoms with Gasteiger partial charge in [-0.05, 0) is 47.5 Å². The molecule has 1 rings (SSSR count). The van der Waals surface area contributed by atoms with Gasteiger partial charge in [0.25, 0.3) is 0 Å². The second-order valence-electron chi connectivity index (χ2n) is 6.32. The minimum absolute atomic E-state index is 0. The van der Waals surface area contributed by atoms with E-state index in [0.29, 0.717) is 5.92 Å². The van der Waals surface area contributed by atoms with Gasteiger partial charge in [-0.2, -0.15) is 0 Å². The number of nitrogens with zero attached hydrogens (tertiary/aromatic N) is 1. The molecule has 1 heterocycles. The third-order valence-corrected chi connectivity index (χ3v) is 2.84. The van der Waals surface area contributed by atoms with Crippen LogP contribution < -0.4 is 0 Å². The van der Waals surface area contributed by atoms with Crippen molar-refractivity contribution >= 4 is 35.7 Å². The molecular formula is C14H28NNaO3. The first-order chi connectivity index (χ1) is 8.28. The van der Waals surface area contributed by atoms with Crippen LogP contribution in [0.15, 0.2) is 0 Å². The first kappa shape index (κ1) is 19.2. The van der Waals surface area contributed by atoms with Crippen molar-refractivity contribution in [3.05, 3.63) is 0 Å². The summed E-state index contributed by atoms with van der Waals surface area (Å²) < 4.78 is 11.0. The van der Waals surface area contributed by atoms with E-state index in [1.165, 1.54) is 0 Å². The van der Waals surface area contributed by atoms with Crippen LogP contribution in [0.1, 0.15) is 47.5 Å². The summed E-state index contributed by atoms with van der Waals surface area (Å²) in [6.45, 7) is 12.0. The van der Waals surface area contributed by atoms with Crippen molar-refractivity contribution in [2.45, 2.75) is 59.2 Å². The molecule has 1 saturated heterocycles. The molecule has 0 saturated carbocycles. The number of amides is 1. The Morgan fingerprint density at radius 1 is 1.37 bits per heavy atom. The third kappa shape index (κ3) is 8.18. The Kier molecular flexibility index (Phi) is 8.60. The Hall–Kier alpha value is 0.230. The molecule has 0 aromatic carbocycles. The van der Waals surface area contributed by atoms with Crippen LogP contribution in [-0.2, 0) is 9.47 Å². The maximum absolute atomic E-state index is 12.0. The van der Waals surface area contributed by atoms with Gasteiger partial charge < -0.3 is 14.4 Å². The van der Waals surface area contributed by atoms with E-state index in [-0.39, 0.29) is 41.8 Å². The zero-order valence-electron chi connectivity index (χ0n) is 12.4. The third-order valence-electron chi connectivity index (χ3n) is 2.84. The fourth-order valence-corrected chi connectivity index (χ4v) is 2.02. The SMILES string of the molecule is CC(C)OCC1CCCN(C(=O)OC(C)(C)C)C1.[NaH]. The van der Waals surface area contributed by atoms with Gasteiger partial charge in [0.15, 0.2) is 0 Å². The van der Waals surface area contributed by atoms with Gasteiger partial charge in [-0.15, -0.1) is 0 Å². The standard InChI is InChI=1S/C14H27NO3.Na.H/c1-11(2)17-10-12-7-6-8-15(9-12)13(16)18-14(3,4)5;;/h11-12H,6-10H2,1-5H3;;. The first-order valence-electron chi connectivity index (χ1n) is 6.87. The number of carbonyl (C=O) groups excluding carboxylic acids is 1. The van der Waals surface area contributed by atoms with Gasteiger partial charge in [0.05, 0.1) is 12.7 Å². The molecule has 0 spiro atoms. The van der Waals surface area contributed by atoms with Crippen molar-refractivity contribution in [1.82, 2.24) is 4.90 Å². The van der Waals surface area contributed by atoms with Crippen LogP contribution in [0.5, 0.6) is 0 Å². The molecule has 0 aliphatic carbocycles. The van der Waals surface area contributed by atoms with Gasteiger partial charge in [0.1, 0.15) is 5.60 Å². The Balaban J connectivity index is 0.00000324. The van der Waals surface area contributed by atoms with Gasteiger partial charge >= 0.3 is 35.7 Å². The van der Waals surface area contributed by atoms with Crippen LogP contribution in [0.25, 0.3) is 0 Å². The summed E-state index contributed by atoms with van der Waals surface area (Å²) in [5.74, 6) is 0.439. The molecule has 1 atom stereocenters. The van der Waals surface area contributed by atoms with E-state index in [0.717, 1.165) is 32.5 Å². The predicted octanol–water partition coefficient (Wildman–Crippen LogP) is 2.41. The van der Waals surface area contributed by atoms with Crippen LogP contribution in [0, 0.1) is 5.92 Å². The van der Waals surface area contributed by atoms with E-state index in [2.05, 4.69) is 0 Å². The van der Waals surface area contributed by atoms with Crippen LogP contribution in [0.2, 0.25) is 0 Å². The van der Waals surface area contributed by atoms with Crippen molar-refractivity contribution in [1.29, 1.82) is 0 Å². The van der Waals surface area contributed by atoms with Crippen molar-refractivity contribution in [3.8, 4) is 0 Å². The van der Waals surface area contributed by atoms with Crippen LogP contribution >= 0.6 is 0 Å². The summed E-state index contributed by atoms with van der Waals surface area (Å²) in [5.41, 5.74) is -0.418. The summed E-state index contributed by atoms with van der Waals surface area (Å²) >= 11 is 0. The molecular weight excluding hydrogens is 253 g/mol. The fraction of sp³-hybridized carbons (Fsp3) is 0.929. The quantitative estimate of drug-likeness (QED) is 0.746. The van der Waals surface area contributed by atoms with Crippen molar-refractivity contribution < 1.29 is 14.3 Å². The molecule has 1 amide bonds. The van der Waals surface area contributed by atoms with E-state index in [4.69, 9.17) is 9.47 Å². The molecule has 4 nitrogen and oxygen atoms in total. The Morgan fingerprint density at radius 2 is 2.00 bits per heavy atom. The molecule has 1 fully saturated rings. The molecule has 1 unspecified atom stereocenters. The average molecular weight is 281 g/mol. The fourth-order valence-electron chi connectivity index (χ4n) is 2.02. The predicted molar refractivity (Wildman–Crippen MR) is 78.8 cm³/mol. The monoisotopic (exact) mass is 281 g/mol. The van der Waals surface area contributed by atoms with Gasteiger partial charge in [0, 0.05) is 19.0 Å². The van der Waals surface area contributed by atoms with E-state index in [1.807, 2.05) is 39.5 Å². The number of ether oxygens (including phenoxy) is 2. The van der Waals surface area contributed by atoms with Crippen molar-refractivity contribution in [2.75, 3.05) is 19.7 Å². The van der Waals surface area contributed by atoms with Crippen molar-refractivity contribution in [3.63, 3.8) is 0 Å². The minimum atomic E-state index is -0.418. The zero-order chi connectivity index (χ0) is 13.8. The number of rotatable bonds is 3. The van der Waals surface area contributed by atoms with E-state index >= 15 is 0 Å². The topological polar surface area (TPSA) is 38.8 Å². The van der Waals surface area contributed by atoms with E-state index in [9.17, 15) is 4.79 Å². The molecule has 0 N–H and O–H groups in total. The summed E-state index contributed by atoms with van der Waals surface area (Å²) in [6.07, 6.45) is 2.22. The first-order valence-corrected chi connectivity index (χ1v) is 6.87. The molecule has 1 aliphatic rings. The molecule has 0 aromatic rings. The van der Waals surface area contributed by atoms with E-state index in [1.54, 1.807) is 0 Å². The number of piperidine rings is 1. The van der Waals surface area contributed by atoms with Gasteiger partial charge in [0.2, 0.25) is 0 Å². The van der Waals surface area contributed by atoms with Gasteiger partial charge in [-0.25, -0.2) is 4.79 Å². The summed E-state index contributed by atoms with van der Waals surface area (Å²) in [4.78, 5) is 13.8. The number of carbonyl (C=O) groups is 1. The Labute approximate surface area is 139 Å². The second-order valence-corrected chi connectivity index (χ2v) is 6.32. The van der Waals surface area contributed by atoms with Gasteiger partial charge in [-0.3, -0.25) is 0 Å². The average Bonchev–Trinajstić information content (AvgIpc) is 2.24. The van der Waals surface area contributed by atoms with Gasteiger partial charge in [-0.1, -0.05) is 0 Å². The van der Waals surface area contributed by atoms with Crippen LogP contribution in [0.3, 0.4) is 0 Å². The molecule has 1 aliphatic heterocycles. The molecule has 5 heteroatoms. The normalized spacial score (nSPS) is 20.1.